The van der Waals surface area contributed by atoms with E-state index in [0.29, 0.717) is 30.5 Å². The van der Waals surface area contributed by atoms with Crippen LogP contribution in [0.1, 0.15) is 19.3 Å². The number of hydrogen-bond acceptors (Lipinski definition) is 3. The average Bonchev–Trinajstić information content (AvgIpc) is 2.96. The molecule has 1 heterocycles. The van der Waals surface area contributed by atoms with Gasteiger partial charge in [0, 0.05) is 30.5 Å². The Morgan fingerprint density at radius 1 is 1.48 bits per heavy atom. The Kier molecular flexibility index (Phi) is 6.79. The number of halogens is 1. The maximum Gasteiger partial charge on any atom is 0.319 e. The van der Waals surface area contributed by atoms with Crippen LogP contribution in [0.2, 0.25) is 5.02 Å². The Morgan fingerprint density at radius 3 is 3.14 bits per heavy atom. The van der Waals surface area contributed by atoms with E-state index >= 15 is 0 Å². The largest absolute Gasteiger partial charge is 0.379 e. The summed E-state index contributed by atoms with van der Waals surface area (Å²) in [6, 6.07) is 6.80. The summed E-state index contributed by atoms with van der Waals surface area (Å²) in [4.78, 5) is 11.6. The Labute approximate surface area is 130 Å². The van der Waals surface area contributed by atoms with Gasteiger partial charge < -0.3 is 20.1 Å². The lowest BCUT2D eigenvalue weighted by molar-refractivity contribution is 0.0168. The summed E-state index contributed by atoms with van der Waals surface area (Å²) in [7, 11) is 0. The molecule has 2 amide bonds. The highest BCUT2D eigenvalue weighted by atomic mass is 35.5. The number of hydrogen-bond donors (Lipinski definition) is 2. The number of urea groups is 1. The van der Waals surface area contributed by atoms with Crippen molar-refractivity contribution in [3.8, 4) is 0 Å². The van der Waals surface area contributed by atoms with E-state index in [-0.39, 0.29) is 12.1 Å². The minimum Gasteiger partial charge on any atom is -0.379 e. The van der Waals surface area contributed by atoms with Crippen LogP contribution in [-0.2, 0) is 9.47 Å². The molecule has 1 unspecified atom stereocenters. The van der Waals surface area contributed by atoms with Crippen molar-refractivity contribution >= 4 is 23.3 Å². The molecule has 0 bridgehead atoms. The molecule has 1 fully saturated rings. The van der Waals surface area contributed by atoms with Crippen molar-refractivity contribution in [1.82, 2.24) is 5.32 Å². The molecular formula is C15H21ClN2O3. The van der Waals surface area contributed by atoms with Gasteiger partial charge in [0.05, 0.1) is 12.7 Å². The number of ether oxygens (including phenoxy) is 2. The molecule has 0 radical (unpaired) electrons. The normalized spacial score (nSPS) is 17.7. The summed E-state index contributed by atoms with van der Waals surface area (Å²) in [5.41, 5.74) is 0.676. The topological polar surface area (TPSA) is 59.6 Å². The van der Waals surface area contributed by atoms with Crippen molar-refractivity contribution in [2.45, 2.75) is 25.4 Å². The van der Waals surface area contributed by atoms with E-state index in [9.17, 15) is 4.79 Å². The number of benzene rings is 1. The highest BCUT2D eigenvalue weighted by molar-refractivity contribution is 6.30. The molecule has 0 aliphatic carbocycles. The molecular weight excluding hydrogens is 292 g/mol. The zero-order chi connectivity index (χ0) is 14.9. The van der Waals surface area contributed by atoms with E-state index in [4.69, 9.17) is 21.1 Å². The molecule has 0 aromatic heterocycles. The Hall–Kier alpha value is -1.30. The van der Waals surface area contributed by atoms with Gasteiger partial charge in [-0.1, -0.05) is 17.7 Å². The van der Waals surface area contributed by atoms with Crippen LogP contribution in [0.25, 0.3) is 0 Å². The first-order chi connectivity index (χ1) is 10.2. The van der Waals surface area contributed by atoms with Crippen LogP contribution in [0.4, 0.5) is 10.5 Å². The fourth-order valence-electron chi connectivity index (χ4n) is 2.11. The van der Waals surface area contributed by atoms with Crippen molar-refractivity contribution in [3.05, 3.63) is 29.3 Å². The van der Waals surface area contributed by atoms with Gasteiger partial charge >= 0.3 is 6.03 Å². The molecule has 0 saturated carbocycles. The molecule has 1 aromatic rings. The van der Waals surface area contributed by atoms with Crippen LogP contribution < -0.4 is 10.6 Å². The molecule has 1 aliphatic heterocycles. The van der Waals surface area contributed by atoms with Crippen molar-refractivity contribution in [2.24, 2.45) is 0 Å². The lowest BCUT2D eigenvalue weighted by atomic mass is 10.2. The summed E-state index contributed by atoms with van der Waals surface area (Å²) < 4.78 is 11.0. The first kappa shape index (κ1) is 16.1. The molecule has 1 saturated heterocycles. The molecule has 0 spiro atoms. The minimum absolute atomic E-state index is 0.239. The molecule has 5 nitrogen and oxygen atoms in total. The predicted octanol–water partition coefficient (Wildman–Crippen LogP) is 3.05. The molecule has 21 heavy (non-hydrogen) atoms. The smallest absolute Gasteiger partial charge is 0.319 e. The quantitative estimate of drug-likeness (QED) is 0.761. The molecule has 116 valence electrons. The number of nitrogens with one attached hydrogen (secondary N) is 2. The van der Waals surface area contributed by atoms with E-state index in [0.717, 1.165) is 25.9 Å². The fraction of sp³-hybridized carbons (Fsp3) is 0.533. The number of amides is 2. The Morgan fingerprint density at radius 2 is 2.38 bits per heavy atom. The average molecular weight is 313 g/mol. The van der Waals surface area contributed by atoms with Crippen LogP contribution in [0.5, 0.6) is 0 Å². The van der Waals surface area contributed by atoms with E-state index in [1.54, 1.807) is 24.3 Å². The standard InChI is InChI=1S/C15H21ClN2O3/c16-12-4-1-5-13(10-12)18-15(19)17-7-3-8-20-11-14-6-2-9-21-14/h1,4-5,10,14H,2-3,6-9,11H2,(H2,17,18,19). The second kappa shape index (κ2) is 8.87. The predicted molar refractivity (Wildman–Crippen MR) is 82.9 cm³/mol. The third-order valence-electron chi connectivity index (χ3n) is 3.16. The van der Waals surface area contributed by atoms with Gasteiger partial charge in [-0.3, -0.25) is 0 Å². The molecule has 1 aliphatic rings. The zero-order valence-electron chi connectivity index (χ0n) is 11.9. The van der Waals surface area contributed by atoms with E-state index in [2.05, 4.69) is 10.6 Å². The number of anilines is 1. The van der Waals surface area contributed by atoms with E-state index in [1.807, 2.05) is 0 Å². The van der Waals surface area contributed by atoms with Crippen molar-refractivity contribution in [2.75, 3.05) is 31.7 Å². The second-order valence-corrected chi connectivity index (χ2v) is 5.39. The summed E-state index contributed by atoms with van der Waals surface area (Å²) in [6.45, 7) is 2.68. The van der Waals surface area contributed by atoms with Crippen molar-refractivity contribution in [1.29, 1.82) is 0 Å². The van der Waals surface area contributed by atoms with Gasteiger partial charge in [-0.05, 0) is 37.5 Å². The van der Waals surface area contributed by atoms with Crippen LogP contribution in [0.15, 0.2) is 24.3 Å². The van der Waals surface area contributed by atoms with Gasteiger partial charge in [0.2, 0.25) is 0 Å². The second-order valence-electron chi connectivity index (χ2n) is 4.95. The van der Waals surface area contributed by atoms with Gasteiger partial charge in [-0.15, -0.1) is 0 Å². The molecule has 1 aromatic carbocycles. The summed E-state index contributed by atoms with van der Waals surface area (Å²) in [5, 5.41) is 6.09. The number of carbonyl (C=O) groups excluding carboxylic acids is 1. The summed E-state index contributed by atoms with van der Waals surface area (Å²) >= 11 is 5.85. The fourth-order valence-corrected chi connectivity index (χ4v) is 2.30. The molecule has 6 heteroatoms. The van der Waals surface area contributed by atoms with Crippen LogP contribution in [-0.4, -0.2) is 38.5 Å². The molecule has 1 atom stereocenters. The minimum atomic E-state index is -0.239. The highest BCUT2D eigenvalue weighted by Gasteiger charge is 2.14. The molecule has 2 rings (SSSR count). The Bertz CT molecular complexity index is 450. The summed E-state index contributed by atoms with van der Waals surface area (Å²) in [5.74, 6) is 0. The third kappa shape index (κ3) is 6.33. The van der Waals surface area contributed by atoms with Crippen molar-refractivity contribution in [3.63, 3.8) is 0 Å². The van der Waals surface area contributed by atoms with Gasteiger partial charge in [0.15, 0.2) is 0 Å². The molecule has 2 N–H and O–H groups in total. The van der Waals surface area contributed by atoms with Gasteiger partial charge in [-0.25, -0.2) is 4.79 Å². The maximum atomic E-state index is 11.6. The lowest BCUT2D eigenvalue weighted by Crippen LogP contribution is -2.30. The first-order valence-corrected chi connectivity index (χ1v) is 7.61. The maximum absolute atomic E-state index is 11.6. The number of rotatable bonds is 7. The third-order valence-corrected chi connectivity index (χ3v) is 3.40. The van der Waals surface area contributed by atoms with Gasteiger partial charge in [0.25, 0.3) is 0 Å². The lowest BCUT2D eigenvalue weighted by Gasteiger charge is -2.10. The van der Waals surface area contributed by atoms with Crippen LogP contribution in [0.3, 0.4) is 0 Å². The van der Waals surface area contributed by atoms with Gasteiger partial charge in [-0.2, -0.15) is 0 Å². The highest BCUT2D eigenvalue weighted by Crippen LogP contribution is 2.14. The number of carbonyl (C=O) groups is 1. The van der Waals surface area contributed by atoms with E-state index < -0.39 is 0 Å². The Balaban J connectivity index is 1.51. The van der Waals surface area contributed by atoms with Crippen LogP contribution in [0, 0.1) is 0 Å². The zero-order valence-corrected chi connectivity index (χ0v) is 12.7. The monoisotopic (exact) mass is 312 g/mol. The van der Waals surface area contributed by atoms with Crippen molar-refractivity contribution < 1.29 is 14.3 Å². The SMILES string of the molecule is O=C(NCCCOCC1CCCO1)Nc1cccc(Cl)c1. The van der Waals surface area contributed by atoms with E-state index in [1.165, 1.54) is 0 Å². The van der Waals surface area contributed by atoms with Gasteiger partial charge in [0.1, 0.15) is 0 Å². The van der Waals surface area contributed by atoms with Crippen LogP contribution >= 0.6 is 11.6 Å². The first-order valence-electron chi connectivity index (χ1n) is 7.24. The summed E-state index contributed by atoms with van der Waals surface area (Å²) in [6.07, 6.45) is 3.24.